The van der Waals surface area contributed by atoms with Crippen LogP contribution in [0, 0.1) is 11.8 Å². The summed E-state index contributed by atoms with van der Waals surface area (Å²) in [4.78, 5) is 0. The highest BCUT2D eigenvalue weighted by atomic mass is 16.5. The van der Waals surface area contributed by atoms with Crippen LogP contribution < -0.4 is 9.47 Å². The van der Waals surface area contributed by atoms with Gasteiger partial charge in [-0.1, -0.05) is 11.8 Å². The maximum Gasteiger partial charge on any atom is 0.123 e. The first kappa shape index (κ1) is 11.4. The summed E-state index contributed by atoms with van der Waals surface area (Å²) < 4.78 is 10.2. The van der Waals surface area contributed by atoms with E-state index in [0.29, 0.717) is 11.5 Å². The van der Waals surface area contributed by atoms with E-state index >= 15 is 0 Å². The van der Waals surface area contributed by atoms with Gasteiger partial charge in [0.15, 0.2) is 0 Å². The highest BCUT2D eigenvalue weighted by Gasteiger charge is 1.99. The zero-order valence-corrected chi connectivity index (χ0v) is 9.07. The van der Waals surface area contributed by atoms with E-state index in [1.165, 1.54) is 0 Å². The molecule has 1 aromatic rings. The fraction of sp³-hybridized carbons (Fsp3) is 0.333. The molecule has 0 bridgehead atoms. The fourth-order valence-electron chi connectivity index (χ4n) is 1.07. The van der Waals surface area contributed by atoms with Crippen molar-refractivity contribution in [1.29, 1.82) is 0 Å². The Bertz CT molecular complexity index is 363. The van der Waals surface area contributed by atoms with Gasteiger partial charge in [0.25, 0.3) is 0 Å². The SMILES string of the molecule is COc1cc(C#CC(C)O)cc(OC)c1. The quantitative estimate of drug-likeness (QED) is 0.744. The van der Waals surface area contributed by atoms with Crippen LogP contribution in [-0.2, 0) is 0 Å². The normalized spacial score (nSPS) is 11.2. The molecule has 0 amide bonds. The number of rotatable bonds is 2. The number of aliphatic hydroxyl groups excluding tert-OH is 1. The van der Waals surface area contributed by atoms with E-state index in [2.05, 4.69) is 11.8 Å². The maximum absolute atomic E-state index is 9.03. The largest absolute Gasteiger partial charge is 0.497 e. The molecular formula is C12H14O3. The van der Waals surface area contributed by atoms with Gasteiger partial charge in [-0.15, -0.1) is 0 Å². The number of benzene rings is 1. The van der Waals surface area contributed by atoms with E-state index < -0.39 is 6.10 Å². The zero-order chi connectivity index (χ0) is 11.3. The minimum atomic E-state index is -0.637. The second-order valence-corrected chi connectivity index (χ2v) is 3.05. The monoisotopic (exact) mass is 206 g/mol. The summed E-state index contributed by atoms with van der Waals surface area (Å²) in [5.41, 5.74) is 0.757. The van der Waals surface area contributed by atoms with Gasteiger partial charge in [0.05, 0.1) is 14.2 Å². The lowest BCUT2D eigenvalue weighted by atomic mass is 10.2. The minimum absolute atomic E-state index is 0.637. The Balaban J connectivity index is 3.03. The van der Waals surface area contributed by atoms with Crippen molar-refractivity contribution in [2.24, 2.45) is 0 Å². The molecule has 0 saturated carbocycles. The van der Waals surface area contributed by atoms with Gasteiger partial charge in [-0.05, 0) is 19.1 Å². The smallest absolute Gasteiger partial charge is 0.123 e. The van der Waals surface area contributed by atoms with Gasteiger partial charge in [0, 0.05) is 11.6 Å². The Hall–Kier alpha value is -1.66. The van der Waals surface area contributed by atoms with Crippen LogP contribution in [0.25, 0.3) is 0 Å². The van der Waals surface area contributed by atoms with E-state index in [-0.39, 0.29) is 0 Å². The third kappa shape index (κ3) is 3.53. The van der Waals surface area contributed by atoms with Crippen LogP contribution in [0.2, 0.25) is 0 Å². The third-order valence-electron chi connectivity index (χ3n) is 1.78. The van der Waals surface area contributed by atoms with Crippen LogP contribution in [0.3, 0.4) is 0 Å². The topological polar surface area (TPSA) is 38.7 Å². The van der Waals surface area contributed by atoms with Crippen molar-refractivity contribution in [1.82, 2.24) is 0 Å². The van der Waals surface area contributed by atoms with Gasteiger partial charge in [0.1, 0.15) is 17.6 Å². The third-order valence-corrected chi connectivity index (χ3v) is 1.78. The molecular weight excluding hydrogens is 192 g/mol. The maximum atomic E-state index is 9.03. The first-order chi connectivity index (χ1) is 7.15. The van der Waals surface area contributed by atoms with Gasteiger partial charge < -0.3 is 14.6 Å². The highest BCUT2D eigenvalue weighted by molar-refractivity contribution is 5.46. The average Bonchev–Trinajstić information content (AvgIpc) is 2.25. The molecule has 0 fully saturated rings. The number of ether oxygens (including phenoxy) is 2. The number of hydrogen-bond acceptors (Lipinski definition) is 3. The fourth-order valence-corrected chi connectivity index (χ4v) is 1.07. The lowest BCUT2D eigenvalue weighted by Crippen LogP contribution is -1.93. The molecule has 0 spiro atoms. The molecule has 0 radical (unpaired) electrons. The average molecular weight is 206 g/mol. The van der Waals surface area contributed by atoms with Crippen LogP contribution >= 0.6 is 0 Å². The van der Waals surface area contributed by atoms with Crippen molar-refractivity contribution in [3.63, 3.8) is 0 Å². The highest BCUT2D eigenvalue weighted by Crippen LogP contribution is 2.21. The summed E-state index contributed by atoms with van der Waals surface area (Å²) in [5, 5.41) is 9.03. The molecule has 0 heterocycles. The first-order valence-electron chi connectivity index (χ1n) is 4.58. The van der Waals surface area contributed by atoms with Gasteiger partial charge in [0.2, 0.25) is 0 Å². The molecule has 0 aliphatic carbocycles. The summed E-state index contributed by atoms with van der Waals surface area (Å²) >= 11 is 0. The Morgan fingerprint density at radius 1 is 1.13 bits per heavy atom. The van der Waals surface area contributed by atoms with E-state index in [4.69, 9.17) is 14.6 Å². The summed E-state index contributed by atoms with van der Waals surface area (Å²) in [6.45, 7) is 1.62. The number of methoxy groups -OCH3 is 2. The molecule has 3 nitrogen and oxygen atoms in total. The second-order valence-electron chi connectivity index (χ2n) is 3.05. The first-order valence-corrected chi connectivity index (χ1v) is 4.58. The molecule has 80 valence electrons. The van der Waals surface area contributed by atoms with Gasteiger partial charge in [-0.2, -0.15) is 0 Å². The lowest BCUT2D eigenvalue weighted by molar-refractivity contribution is 0.253. The van der Waals surface area contributed by atoms with Crippen molar-refractivity contribution < 1.29 is 14.6 Å². The van der Waals surface area contributed by atoms with Crippen LogP contribution in [0.4, 0.5) is 0 Å². The molecule has 1 unspecified atom stereocenters. The molecule has 0 aliphatic rings. The minimum Gasteiger partial charge on any atom is -0.497 e. The predicted molar refractivity (Wildman–Crippen MR) is 58.1 cm³/mol. The summed E-state index contributed by atoms with van der Waals surface area (Å²) in [5.74, 6) is 6.86. The zero-order valence-electron chi connectivity index (χ0n) is 9.07. The van der Waals surface area contributed by atoms with Crippen LogP contribution in [0.5, 0.6) is 11.5 Å². The van der Waals surface area contributed by atoms with Crippen LogP contribution in [-0.4, -0.2) is 25.4 Å². The van der Waals surface area contributed by atoms with Crippen molar-refractivity contribution in [2.45, 2.75) is 13.0 Å². The molecule has 1 aromatic carbocycles. The Kier molecular flexibility index (Phi) is 4.02. The summed E-state index contributed by atoms with van der Waals surface area (Å²) in [6, 6.07) is 5.35. The van der Waals surface area contributed by atoms with Crippen molar-refractivity contribution in [2.75, 3.05) is 14.2 Å². The Morgan fingerprint density at radius 2 is 1.67 bits per heavy atom. The lowest BCUT2D eigenvalue weighted by Gasteiger charge is -2.04. The van der Waals surface area contributed by atoms with Crippen molar-refractivity contribution in [3.8, 4) is 23.3 Å². The van der Waals surface area contributed by atoms with E-state index in [1.807, 2.05) is 0 Å². The summed E-state index contributed by atoms with van der Waals surface area (Å²) in [7, 11) is 3.17. The second kappa shape index (κ2) is 5.28. The molecule has 1 N–H and O–H groups in total. The standard InChI is InChI=1S/C12H14O3/c1-9(13)4-5-10-6-11(14-2)8-12(7-10)15-3/h6-9,13H,1-3H3. The Morgan fingerprint density at radius 3 is 2.07 bits per heavy atom. The Labute approximate surface area is 89.6 Å². The molecule has 3 heteroatoms. The van der Waals surface area contributed by atoms with Crippen LogP contribution in [0.1, 0.15) is 12.5 Å². The number of aliphatic hydroxyl groups is 1. The molecule has 0 aromatic heterocycles. The molecule has 1 rings (SSSR count). The number of hydrogen-bond donors (Lipinski definition) is 1. The molecule has 0 saturated heterocycles. The molecule has 0 aliphatic heterocycles. The molecule has 1 atom stereocenters. The van der Waals surface area contributed by atoms with E-state index in [0.717, 1.165) is 5.56 Å². The van der Waals surface area contributed by atoms with Crippen molar-refractivity contribution >= 4 is 0 Å². The van der Waals surface area contributed by atoms with E-state index in [9.17, 15) is 0 Å². The van der Waals surface area contributed by atoms with E-state index in [1.54, 1.807) is 39.3 Å². The van der Waals surface area contributed by atoms with Gasteiger partial charge in [-0.3, -0.25) is 0 Å². The van der Waals surface area contributed by atoms with Gasteiger partial charge >= 0.3 is 0 Å². The van der Waals surface area contributed by atoms with Crippen LogP contribution in [0.15, 0.2) is 18.2 Å². The predicted octanol–water partition coefficient (Wildman–Crippen LogP) is 1.44. The van der Waals surface area contributed by atoms with Crippen molar-refractivity contribution in [3.05, 3.63) is 23.8 Å². The molecule has 15 heavy (non-hydrogen) atoms. The van der Waals surface area contributed by atoms with Gasteiger partial charge in [-0.25, -0.2) is 0 Å². The summed E-state index contributed by atoms with van der Waals surface area (Å²) in [6.07, 6.45) is -0.637.